The van der Waals surface area contributed by atoms with Gasteiger partial charge in [0.1, 0.15) is 55.9 Å². The maximum absolute atomic E-state index is 13.4. The second-order valence-electron chi connectivity index (χ2n) is 18.4. The normalized spacial score (nSPS) is 28.5. The van der Waals surface area contributed by atoms with Crippen molar-refractivity contribution in [2.75, 3.05) is 31.8 Å². The van der Waals surface area contributed by atoms with E-state index in [4.69, 9.17) is 75.8 Å². The van der Waals surface area contributed by atoms with Gasteiger partial charge in [0.25, 0.3) is 0 Å². The molecule has 432 valence electrons. The molecule has 0 N–H and O–H groups in total. The molecule has 3 aromatic rings. The summed E-state index contributed by atoms with van der Waals surface area (Å²) in [7, 11) is 0. The van der Waals surface area contributed by atoms with Gasteiger partial charge in [0.05, 0.1) is 33.0 Å². The van der Waals surface area contributed by atoms with Crippen molar-refractivity contribution in [3.63, 3.8) is 0 Å². The molecule has 0 spiro atoms. The van der Waals surface area contributed by atoms with Crippen molar-refractivity contribution in [3.8, 4) is 0 Å². The van der Waals surface area contributed by atoms with E-state index in [9.17, 15) is 33.6 Å². The maximum atomic E-state index is 13.4. The molecule has 79 heavy (non-hydrogen) atoms. The SMILES string of the molecule is CC(=O)OC[C@H]1O[C@@H](O[C@@H]2[C@H](OC(C)=O)[C@@H](OC(C)=O)[C@H](O[C@H]3[C@H](OCc4ccccc4)[C@@H](OCc4ccccc4)[C@@H](OCCBr)O[C@@H]3COCc3ccccc3)O[C@@H]2COC(C)=O)[C@H](OC(C)=O)[C@@H](OC(C)=O)[C@H]1OC(C)=O. The summed E-state index contributed by atoms with van der Waals surface area (Å²) in [5.74, 6) is -6.20. The average molecular weight is 1180 g/mol. The molecule has 3 fully saturated rings. The molecule has 0 saturated carbocycles. The summed E-state index contributed by atoms with van der Waals surface area (Å²) in [6.07, 6.45) is -22.8. The molecule has 3 aromatic carbocycles. The number of rotatable bonds is 26. The molecule has 3 saturated heterocycles. The third-order valence-corrected chi connectivity index (χ3v) is 12.4. The number of ether oxygens (including phenoxy) is 16. The van der Waals surface area contributed by atoms with Crippen molar-refractivity contribution in [1.29, 1.82) is 0 Å². The molecule has 24 heteroatoms. The summed E-state index contributed by atoms with van der Waals surface area (Å²) in [6, 6.07) is 28.0. The summed E-state index contributed by atoms with van der Waals surface area (Å²) in [5.41, 5.74) is 2.42. The zero-order valence-electron chi connectivity index (χ0n) is 44.7. The molecule has 0 bridgehead atoms. The third-order valence-electron chi connectivity index (χ3n) is 12.1. The fraction of sp³-hybridized carbons (Fsp3) is 0.545. The summed E-state index contributed by atoms with van der Waals surface area (Å²) in [5, 5.41) is 0.422. The van der Waals surface area contributed by atoms with Gasteiger partial charge in [-0.05, 0) is 16.7 Å². The van der Waals surface area contributed by atoms with Crippen LogP contribution in [0.25, 0.3) is 0 Å². The van der Waals surface area contributed by atoms with E-state index in [0.29, 0.717) is 5.33 Å². The number of carbonyl (C=O) groups is 7. The second kappa shape index (κ2) is 31.2. The van der Waals surface area contributed by atoms with E-state index in [1.807, 2.05) is 91.0 Å². The highest BCUT2D eigenvalue weighted by atomic mass is 79.9. The van der Waals surface area contributed by atoms with E-state index in [1.54, 1.807) is 0 Å². The Balaban J connectivity index is 1.47. The molecule has 0 unspecified atom stereocenters. The number of esters is 7. The van der Waals surface area contributed by atoms with Gasteiger partial charge in [-0.25, -0.2) is 0 Å². The predicted molar refractivity (Wildman–Crippen MR) is 273 cm³/mol. The van der Waals surface area contributed by atoms with Gasteiger partial charge in [-0.1, -0.05) is 107 Å². The Morgan fingerprint density at radius 2 is 0.734 bits per heavy atom. The monoisotopic (exact) mass is 1170 g/mol. The van der Waals surface area contributed by atoms with Crippen LogP contribution >= 0.6 is 15.9 Å². The highest BCUT2D eigenvalue weighted by Gasteiger charge is 2.59. The molecule has 3 aliphatic heterocycles. The third kappa shape index (κ3) is 19.1. The Hall–Kier alpha value is -5.93. The number of hydrogen-bond donors (Lipinski definition) is 0. The topological polar surface area (TPSA) is 267 Å². The molecule has 3 heterocycles. The van der Waals surface area contributed by atoms with E-state index in [-0.39, 0.29) is 33.0 Å². The standard InChI is InChI=1S/C55H67BrO23/c1-31(57)66-29-42-45(70-33(3)59)48(71-34(4)60)51(73-36(6)62)55(76-42)79-46-43(30-67-32(2)58)77-54(52(74-37(7)63)49(46)72-35(5)61)78-44-41(28-64-25-38-17-11-8-12-18-38)75-53(65-24-23-56)50(69-27-40-21-15-10-16-22-40)47(44)68-26-39-19-13-9-14-20-39/h8-22,41-55H,23-30H2,1-7H3/t41-,42-,43-,44-,45+,46+,47+,48+,49+,50-,51-,52-,53+,54+,55+/m1/s1. The van der Waals surface area contributed by atoms with Crippen LogP contribution in [0.3, 0.4) is 0 Å². The minimum atomic E-state index is -1.91. The Bertz CT molecular complexity index is 2430. The second-order valence-corrected chi connectivity index (χ2v) is 19.2. The summed E-state index contributed by atoms with van der Waals surface area (Å²) < 4.78 is 99.1. The van der Waals surface area contributed by atoms with E-state index in [1.165, 1.54) is 0 Å². The quantitative estimate of drug-likeness (QED) is 0.0607. The average Bonchev–Trinajstić information content (AvgIpc) is 3.49. The number of carbonyl (C=O) groups excluding carboxylic acids is 7. The van der Waals surface area contributed by atoms with Crippen molar-refractivity contribution in [2.24, 2.45) is 0 Å². The number of benzene rings is 3. The van der Waals surface area contributed by atoms with Crippen LogP contribution in [0.4, 0.5) is 0 Å². The van der Waals surface area contributed by atoms with Crippen LogP contribution in [0.15, 0.2) is 91.0 Å². The molecule has 0 aliphatic carbocycles. The van der Waals surface area contributed by atoms with Crippen LogP contribution in [0.1, 0.15) is 65.2 Å². The van der Waals surface area contributed by atoms with E-state index in [2.05, 4.69) is 15.9 Å². The Morgan fingerprint density at radius 1 is 0.380 bits per heavy atom. The van der Waals surface area contributed by atoms with E-state index >= 15 is 0 Å². The Labute approximate surface area is 465 Å². The molecular weight excluding hydrogens is 1110 g/mol. The Kier molecular flexibility index (Phi) is 24.6. The number of hydrogen-bond acceptors (Lipinski definition) is 23. The van der Waals surface area contributed by atoms with Crippen molar-refractivity contribution >= 4 is 57.7 Å². The van der Waals surface area contributed by atoms with E-state index < -0.39 is 147 Å². The maximum Gasteiger partial charge on any atom is 0.303 e. The summed E-state index contributed by atoms with van der Waals surface area (Å²) in [4.78, 5) is 89.6. The lowest BCUT2D eigenvalue weighted by molar-refractivity contribution is -0.384. The van der Waals surface area contributed by atoms with Crippen molar-refractivity contribution < 1.29 is 109 Å². The van der Waals surface area contributed by atoms with Crippen molar-refractivity contribution in [3.05, 3.63) is 108 Å². The van der Waals surface area contributed by atoms with Crippen molar-refractivity contribution in [1.82, 2.24) is 0 Å². The molecule has 0 radical (unpaired) electrons. The first-order valence-electron chi connectivity index (χ1n) is 25.4. The molecular formula is C55H67BrO23. The fourth-order valence-electron chi connectivity index (χ4n) is 8.97. The molecule has 15 atom stereocenters. The highest BCUT2D eigenvalue weighted by Crippen LogP contribution is 2.39. The zero-order chi connectivity index (χ0) is 57.0. The van der Waals surface area contributed by atoms with Crippen LogP contribution in [0.2, 0.25) is 0 Å². The van der Waals surface area contributed by atoms with Gasteiger partial charge in [0.2, 0.25) is 0 Å². The first-order chi connectivity index (χ1) is 37.9. The van der Waals surface area contributed by atoms with Crippen LogP contribution in [-0.4, -0.2) is 166 Å². The molecule has 23 nitrogen and oxygen atoms in total. The molecule has 3 aliphatic rings. The van der Waals surface area contributed by atoms with Gasteiger partial charge in [0, 0.05) is 53.8 Å². The van der Waals surface area contributed by atoms with Gasteiger partial charge in [-0.15, -0.1) is 0 Å². The van der Waals surface area contributed by atoms with Crippen molar-refractivity contribution in [2.45, 2.75) is 160 Å². The van der Waals surface area contributed by atoms with Gasteiger partial charge in [-0.2, -0.15) is 0 Å². The molecule has 0 amide bonds. The minimum Gasteiger partial charge on any atom is -0.463 e. The lowest BCUT2D eigenvalue weighted by Crippen LogP contribution is -2.68. The van der Waals surface area contributed by atoms with Gasteiger partial charge >= 0.3 is 41.8 Å². The first-order valence-corrected chi connectivity index (χ1v) is 26.5. The predicted octanol–water partition coefficient (Wildman–Crippen LogP) is 4.52. The van der Waals surface area contributed by atoms with Gasteiger partial charge in [-0.3, -0.25) is 33.6 Å². The molecule has 6 rings (SSSR count). The number of halogens is 1. The van der Waals surface area contributed by atoms with Crippen LogP contribution in [0.5, 0.6) is 0 Å². The minimum absolute atomic E-state index is 0.00920. The summed E-state index contributed by atoms with van der Waals surface area (Å²) >= 11 is 3.45. The highest BCUT2D eigenvalue weighted by molar-refractivity contribution is 9.09. The lowest BCUT2D eigenvalue weighted by atomic mass is 9.95. The fourth-order valence-corrected chi connectivity index (χ4v) is 9.16. The lowest BCUT2D eigenvalue weighted by Gasteiger charge is -2.50. The zero-order valence-corrected chi connectivity index (χ0v) is 46.3. The van der Waals surface area contributed by atoms with Crippen LogP contribution < -0.4 is 0 Å². The smallest absolute Gasteiger partial charge is 0.303 e. The largest absolute Gasteiger partial charge is 0.463 e. The Morgan fingerprint density at radius 3 is 1.16 bits per heavy atom. The summed E-state index contributed by atoms with van der Waals surface area (Å²) in [6.45, 7) is 6.41. The first kappa shape index (κ1) is 62.3. The van der Waals surface area contributed by atoms with Gasteiger partial charge < -0.3 is 75.8 Å². The van der Waals surface area contributed by atoms with E-state index in [0.717, 1.165) is 65.2 Å². The molecule has 0 aromatic heterocycles. The number of alkyl halides is 1. The van der Waals surface area contributed by atoms with Crippen LogP contribution in [-0.2, 0) is 129 Å². The van der Waals surface area contributed by atoms with Crippen LogP contribution in [0, 0.1) is 0 Å². The van der Waals surface area contributed by atoms with Gasteiger partial charge in [0.15, 0.2) is 49.4 Å².